The van der Waals surface area contributed by atoms with Gasteiger partial charge in [0.25, 0.3) is 0 Å². The monoisotopic (exact) mass is 422 g/mol. The van der Waals surface area contributed by atoms with Crippen LogP contribution >= 0.6 is 12.2 Å². The zero-order chi connectivity index (χ0) is 21.1. The van der Waals surface area contributed by atoms with E-state index in [1.165, 1.54) is 7.11 Å². The molecule has 0 radical (unpaired) electrons. The van der Waals surface area contributed by atoms with Crippen LogP contribution in [0.5, 0.6) is 5.75 Å². The van der Waals surface area contributed by atoms with Gasteiger partial charge in [-0.1, -0.05) is 6.07 Å². The van der Waals surface area contributed by atoms with E-state index in [-0.39, 0.29) is 30.2 Å². The maximum atomic E-state index is 11.8. The first-order valence-electron chi connectivity index (χ1n) is 9.60. The van der Waals surface area contributed by atoms with Crippen LogP contribution < -0.4 is 5.32 Å². The van der Waals surface area contributed by atoms with Crippen LogP contribution in [-0.2, 0) is 9.53 Å². The summed E-state index contributed by atoms with van der Waals surface area (Å²) in [6, 6.07) is 16.5. The number of carbonyl (C=O) groups excluding carboxylic acids is 1. The molecule has 154 valence electrons. The number of esters is 1. The highest BCUT2D eigenvalue weighted by Gasteiger charge is 2.41. The summed E-state index contributed by atoms with van der Waals surface area (Å²) in [6.07, 6.45) is 3.95. The van der Waals surface area contributed by atoms with Gasteiger partial charge < -0.3 is 24.6 Å². The third kappa shape index (κ3) is 3.86. The van der Waals surface area contributed by atoms with Crippen LogP contribution in [0.3, 0.4) is 0 Å². The molecule has 7 nitrogen and oxygen atoms in total. The molecular weight excluding hydrogens is 400 g/mol. The zero-order valence-electron chi connectivity index (χ0n) is 16.4. The van der Waals surface area contributed by atoms with E-state index in [0.717, 1.165) is 17.1 Å². The number of thiocarbonyl (C=S) groups is 1. The summed E-state index contributed by atoms with van der Waals surface area (Å²) in [6.45, 7) is 0.424. The Hall–Kier alpha value is -3.39. The van der Waals surface area contributed by atoms with Crippen molar-refractivity contribution < 1.29 is 14.6 Å². The molecule has 2 atom stereocenters. The topological polar surface area (TPSA) is 79.6 Å². The Morgan fingerprint density at radius 1 is 1.20 bits per heavy atom. The lowest BCUT2D eigenvalue weighted by Crippen LogP contribution is -2.32. The largest absolute Gasteiger partial charge is 0.508 e. The Balaban J connectivity index is 1.75. The van der Waals surface area contributed by atoms with E-state index in [9.17, 15) is 9.90 Å². The van der Waals surface area contributed by atoms with Gasteiger partial charge in [-0.05, 0) is 60.7 Å². The first kappa shape index (κ1) is 19.9. The van der Waals surface area contributed by atoms with Gasteiger partial charge in [0.15, 0.2) is 5.11 Å². The molecule has 3 aromatic rings. The average molecular weight is 423 g/mol. The predicted octanol–water partition coefficient (Wildman–Crippen LogP) is 3.11. The summed E-state index contributed by atoms with van der Waals surface area (Å²) in [5, 5.41) is 13.6. The number of nitrogens with one attached hydrogen (secondary N) is 1. The highest BCUT2D eigenvalue weighted by molar-refractivity contribution is 7.80. The van der Waals surface area contributed by atoms with Crippen molar-refractivity contribution in [1.82, 2.24) is 19.8 Å². The molecule has 2 N–H and O–H groups in total. The van der Waals surface area contributed by atoms with Gasteiger partial charge in [0, 0.05) is 30.3 Å². The molecule has 0 spiro atoms. The Morgan fingerprint density at radius 2 is 2.00 bits per heavy atom. The molecule has 1 aliphatic rings. The van der Waals surface area contributed by atoms with Crippen molar-refractivity contribution >= 4 is 23.3 Å². The quantitative estimate of drug-likeness (QED) is 0.467. The minimum absolute atomic E-state index is 0.179. The lowest BCUT2D eigenvalue weighted by Gasteiger charge is -2.28. The highest BCUT2D eigenvalue weighted by atomic mass is 32.1. The molecular formula is C22H22N4O3S. The third-order valence-corrected chi connectivity index (χ3v) is 5.55. The number of phenols is 1. The first-order chi connectivity index (χ1) is 14.6. The molecule has 1 fully saturated rings. The van der Waals surface area contributed by atoms with Gasteiger partial charge in [-0.2, -0.15) is 0 Å². The fourth-order valence-corrected chi connectivity index (χ4v) is 4.10. The van der Waals surface area contributed by atoms with Gasteiger partial charge in [-0.25, -0.2) is 0 Å². The second-order valence-corrected chi connectivity index (χ2v) is 7.35. The average Bonchev–Trinajstić information content (AvgIpc) is 3.37. The smallest absolute Gasteiger partial charge is 0.307 e. The fraction of sp³-hybridized carbons (Fsp3) is 0.227. The van der Waals surface area contributed by atoms with Crippen molar-refractivity contribution in [1.29, 1.82) is 0 Å². The Morgan fingerprint density at radius 3 is 2.70 bits per heavy atom. The van der Waals surface area contributed by atoms with Crippen LogP contribution in [0.15, 0.2) is 67.0 Å². The Bertz CT molecular complexity index is 1040. The molecule has 1 aliphatic heterocycles. The number of rotatable bonds is 6. The van der Waals surface area contributed by atoms with E-state index >= 15 is 0 Å². The van der Waals surface area contributed by atoms with E-state index in [2.05, 4.69) is 14.9 Å². The number of aromatic nitrogens is 2. The number of aromatic hydroxyl groups is 1. The van der Waals surface area contributed by atoms with E-state index in [4.69, 9.17) is 17.0 Å². The zero-order valence-corrected chi connectivity index (χ0v) is 17.2. The van der Waals surface area contributed by atoms with Crippen molar-refractivity contribution in [2.45, 2.75) is 18.5 Å². The molecule has 3 heterocycles. The molecule has 1 saturated heterocycles. The Labute approximate surface area is 179 Å². The van der Waals surface area contributed by atoms with Gasteiger partial charge in [0.05, 0.1) is 31.3 Å². The second kappa shape index (κ2) is 8.54. The number of pyridine rings is 1. The molecule has 0 unspecified atom stereocenters. The maximum absolute atomic E-state index is 11.8. The molecule has 2 aromatic heterocycles. The number of carbonyl (C=O) groups is 1. The lowest BCUT2D eigenvalue weighted by molar-refractivity contribution is -0.140. The van der Waals surface area contributed by atoms with Crippen LogP contribution in [-0.4, -0.2) is 44.3 Å². The lowest BCUT2D eigenvalue weighted by atomic mass is 10.0. The standard InChI is InChI=1S/C22H22N4O3S/c1-29-19(28)11-14-26-21(20(24-22(26)30)17-5-2-3-12-23-17)18-6-4-13-25(18)15-7-9-16(27)10-8-15/h2-10,12-13,20-21,27H,11,14H2,1H3,(H,24,30)/t20-,21-/m1/s1. The summed E-state index contributed by atoms with van der Waals surface area (Å²) < 4.78 is 6.87. The van der Waals surface area contributed by atoms with Crippen LogP contribution in [0.4, 0.5) is 0 Å². The molecule has 0 saturated carbocycles. The molecule has 0 aliphatic carbocycles. The van der Waals surface area contributed by atoms with Crippen LogP contribution in [0.2, 0.25) is 0 Å². The molecule has 1 aromatic carbocycles. The van der Waals surface area contributed by atoms with Gasteiger partial charge in [0.1, 0.15) is 5.75 Å². The Kier molecular flexibility index (Phi) is 5.67. The minimum atomic E-state index is -0.285. The summed E-state index contributed by atoms with van der Waals surface area (Å²) in [4.78, 5) is 18.3. The van der Waals surface area contributed by atoms with Crippen molar-refractivity contribution in [3.63, 3.8) is 0 Å². The predicted molar refractivity (Wildman–Crippen MR) is 116 cm³/mol. The summed E-state index contributed by atoms with van der Waals surface area (Å²) >= 11 is 5.63. The molecule has 0 amide bonds. The van der Waals surface area contributed by atoms with Crippen LogP contribution in [0.25, 0.3) is 5.69 Å². The van der Waals surface area contributed by atoms with Gasteiger partial charge >= 0.3 is 5.97 Å². The van der Waals surface area contributed by atoms with Crippen molar-refractivity contribution in [3.8, 4) is 11.4 Å². The van der Waals surface area contributed by atoms with Gasteiger partial charge in [0.2, 0.25) is 0 Å². The van der Waals surface area contributed by atoms with E-state index in [0.29, 0.717) is 11.7 Å². The van der Waals surface area contributed by atoms with Crippen molar-refractivity contribution in [3.05, 3.63) is 78.4 Å². The summed E-state index contributed by atoms with van der Waals surface area (Å²) in [7, 11) is 1.38. The molecule has 8 heteroatoms. The van der Waals surface area contributed by atoms with Crippen LogP contribution in [0.1, 0.15) is 29.9 Å². The third-order valence-electron chi connectivity index (χ3n) is 5.19. The number of phenolic OH excluding ortho intramolecular Hbond substituents is 1. The summed E-state index contributed by atoms with van der Waals surface area (Å²) in [5.41, 5.74) is 2.77. The van der Waals surface area contributed by atoms with E-state index in [1.807, 2.05) is 53.6 Å². The second-order valence-electron chi connectivity index (χ2n) is 6.97. The normalized spacial score (nSPS) is 18.3. The van der Waals surface area contributed by atoms with E-state index in [1.54, 1.807) is 18.3 Å². The molecule has 4 rings (SSSR count). The fourth-order valence-electron chi connectivity index (χ4n) is 3.77. The number of nitrogens with zero attached hydrogens (tertiary/aromatic N) is 3. The van der Waals surface area contributed by atoms with Crippen molar-refractivity contribution in [2.24, 2.45) is 0 Å². The number of benzene rings is 1. The SMILES string of the molecule is COC(=O)CCN1C(=S)N[C@H](c2ccccn2)[C@H]1c1cccn1-c1ccc(O)cc1. The summed E-state index contributed by atoms with van der Waals surface area (Å²) in [5.74, 6) is -0.0750. The highest BCUT2D eigenvalue weighted by Crippen LogP contribution is 2.39. The van der Waals surface area contributed by atoms with Crippen LogP contribution in [0, 0.1) is 0 Å². The minimum Gasteiger partial charge on any atom is -0.508 e. The van der Waals surface area contributed by atoms with Gasteiger partial charge in [-0.3, -0.25) is 9.78 Å². The van der Waals surface area contributed by atoms with E-state index < -0.39 is 0 Å². The van der Waals surface area contributed by atoms with Crippen molar-refractivity contribution in [2.75, 3.05) is 13.7 Å². The number of methoxy groups -OCH3 is 1. The number of hydrogen-bond donors (Lipinski definition) is 2. The molecule has 0 bridgehead atoms. The number of ether oxygens (including phenoxy) is 1. The molecule has 30 heavy (non-hydrogen) atoms. The maximum Gasteiger partial charge on any atom is 0.307 e. The van der Waals surface area contributed by atoms with Gasteiger partial charge in [-0.15, -0.1) is 0 Å². The number of hydrogen-bond acceptors (Lipinski definition) is 5. The first-order valence-corrected chi connectivity index (χ1v) is 10.0.